The van der Waals surface area contributed by atoms with E-state index in [1.807, 2.05) is 28.8 Å². The van der Waals surface area contributed by atoms with Gasteiger partial charge in [-0.25, -0.2) is 15.0 Å². The predicted octanol–water partition coefficient (Wildman–Crippen LogP) is 2.63. The summed E-state index contributed by atoms with van der Waals surface area (Å²) in [7, 11) is 1.65. The molecule has 0 spiro atoms. The van der Waals surface area contributed by atoms with Crippen molar-refractivity contribution < 1.29 is 4.74 Å². The molecule has 2 aromatic heterocycles. The van der Waals surface area contributed by atoms with Crippen molar-refractivity contribution in [1.29, 1.82) is 0 Å². The molecule has 1 aromatic carbocycles. The van der Waals surface area contributed by atoms with Gasteiger partial charge >= 0.3 is 0 Å². The van der Waals surface area contributed by atoms with Gasteiger partial charge in [-0.3, -0.25) is 0 Å². The van der Waals surface area contributed by atoms with Crippen LogP contribution in [0.1, 0.15) is 30.9 Å². The Morgan fingerprint density at radius 1 is 1.04 bits per heavy atom. The van der Waals surface area contributed by atoms with Gasteiger partial charge in [0.15, 0.2) is 5.65 Å². The number of aromatic nitrogens is 4. The van der Waals surface area contributed by atoms with Crippen LogP contribution in [0.25, 0.3) is 11.2 Å². The maximum Gasteiger partial charge on any atom is 0.208 e. The van der Waals surface area contributed by atoms with Gasteiger partial charge in [0.2, 0.25) is 5.82 Å². The molecule has 0 saturated heterocycles. The monoisotopic (exact) mass is 316 g/mol. The van der Waals surface area contributed by atoms with E-state index in [1.165, 1.54) is 0 Å². The average molecular weight is 316 g/mol. The fraction of sp³-hybridized carbons (Fsp3) is 0.211. The Bertz CT molecular complexity index is 995. The van der Waals surface area contributed by atoms with E-state index in [-0.39, 0.29) is 0 Å². The molecule has 24 heavy (non-hydrogen) atoms. The summed E-state index contributed by atoms with van der Waals surface area (Å²) in [6.45, 7) is 4.18. The highest BCUT2D eigenvalue weighted by Gasteiger charge is 2.11. The van der Waals surface area contributed by atoms with E-state index in [0.717, 1.165) is 17.0 Å². The maximum atomic E-state index is 5.19. The first-order chi connectivity index (χ1) is 11.7. The molecule has 5 heteroatoms. The average Bonchev–Trinajstić information content (AvgIpc) is 2.99. The third-order valence-electron chi connectivity index (χ3n) is 3.46. The van der Waals surface area contributed by atoms with Crippen LogP contribution < -0.4 is 4.74 Å². The van der Waals surface area contributed by atoms with Gasteiger partial charge in [-0.05, 0) is 43.4 Å². The smallest absolute Gasteiger partial charge is 0.208 e. The molecule has 3 aromatic rings. The highest BCUT2D eigenvalue weighted by Crippen LogP contribution is 2.17. The first-order valence-electron chi connectivity index (χ1n) is 7.46. The summed E-state index contributed by atoms with van der Waals surface area (Å²) in [5.74, 6) is 12.9. The molecule has 0 amide bonds. The van der Waals surface area contributed by atoms with Crippen molar-refractivity contribution in [2.75, 3.05) is 7.11 Å². The lowest BCUT2D eigenvalue weighted by molar-refractivity contribution is 0.414. The Labute approximate surface area is 140 Å². The second-order valence-corrected chi connectivity index (χ2v) is 5.04. The van der Waals surface area contributed by atoms with Gasteiger partial charge < -0.3 is 9.30 Å². The molecule has 0 unspecified atom stereocenters. The first-order valence-corrected chi connectivity index (χ1v) is 7.46. The summed E-state index contributed by atoms with van der Waals surface area (Å²) in [6.07, 6.45) is 1.76. The van der Waals surface area contributed by atoms with Gasteiger partial charge in [-0.15, -0.1) is 0 Å². The molecule has 118 valence electrons. The van der Waals surface area contributed by atoms with Gasteiger partial charge in [0.1, 0.15) is 17.0 Å². The van der Waals surface area contributed by atoms with Gasteiger partial charge in [-0.1, -0.05) is 24.0 Å². The Kier molecular flexibility index (Phi) is 4.45. The lowest BCUT2D eigenvalue weighted by Gasteiger charge is -2.06. The third kappa shape index (κ3) is 3.06. The Morgan fingerprint density at radius 3 is 2.46 bits per heavy atom. The van der Waals surface area contributed by atoms with E-state index in [0.29, 0.717) is 23.6 Å². The summed E-state index contributed by atoms with van der Waals surface area (Å²) >= 11 is 0. The third-order valence-corrected chi connectivity index (χ3v) is 3.46. The molecule has 0 fully saturated rings. The number of methoxy groups -OCH3 is 1. The van der Waals surface area contributed by atoms with Crippen molar-refractivity contribution in [2.45, 2.75) is 20.4 Å². The van der Waals surface area contributed by atoms with Gasteiger partial charge in [-0.2, -0.15) is 0 Å². The number of fused-ring (bicyclic) bond motifs is 1. The number of rotatable bonds is 3. The zero-order valence-corrected chi connectivity index (χ0v) is 13.8. The molecule has 2 heterocycles. The molecule has 0 saturated carbocycles. The quantitative estimate of drug-likeness (QED) is 0.697. The standard InChI is InChI=1S/C19H16N4O/c1-4-6-16-18-19(22-17(21-16)7-5-2)23(13-20-18)12-14-8-10-15(24-3)11-9-14/h8-11,13H,12H2,1-3H3. The summed E-state index contributed by atoms with van der Waals surface area (Å²) in [5.41, 5.74) is 3.16. The number of hydrogen-bond donors (Lipinski definition) is 0. The second-order valence-electron chi connectivity index (χ2n) is 5.04. The summed E-state index contributed by atoms with van der Waals surface area (Å²) in [6, 6.07) is 7.91. The van der Waals surface area contributed by atoms with E-state index < -0.39 is 0 Å². The van der Waals surface area contributed by atoms with Gasteiger partial charge in [0.25, 0.3) is 0 Å². The first kappa shape index (κ1) is 15.6. The van der Waals surface area contributed by atoms with Crippen molar-refractivity contribution in [1.82, 2.24) is 19.5 Å². The fourth-order valence-corrected chi connectivity index (χ4v) is 2.36. The summed E-state index contributed by atoms with van der Waals surface area (Å²) in [4.78, 5) is 13.3. The molecule has 0 N–H and O–H groups in total. The van der Waals surface area contributed by atoms with Crippen LogP contribution in [0.15, 0.2) is 30.6 Å². The highest BCUT2D eigenvalue weighted by atomic mass is 16.5. The summed E-state index contributed by atoms with van der Waals surface area (Å²) < 4.78 is 7.16. The number of hydrogen-bond acceptors (Lipinski definition) is 4. The minimum Gasteiger partial charge on any atom is -0.497 e. The fourth-order valence-electron chi connectivity index (χ4n) is 2.36. The normalized spacial score (nSPS) is 9.79. The van der Waals surface area contributed by atoms with E-state index in [1.54, 1.807) is 27.3 Å². The number of ether oxygens (including phenoxy) is 1. The SMILES string of the molecule is CC#Cc1nc(C#CC)c2ncn(Cc3ccc(OC)cc3)c2n1. The Hall–Kier alpha value is -3.31. The van der Waals surface area contributed by atoms with Crippen molar-refractivity contribution in [2.24, 2.45) is 0 Å². The minimum absolute atomic E-state index is 0.458. The van der Waals surface area contributed by atoms with Crippen LogP contribution in [0.5, 0.6) is 5.75 Å². The summed E-state index contributed by atoms with van der Waals surface area (Å²) in [5, 5.41) is 0. The lowest BCUT2D eigenvalue weighted by atomic mass is 10.2. The molecular formula is C19H16N4O. The second kappa shape index (κ2) is 6.85. The predicted molar refractivity (Wildman–Crippen MR) is 92.5 cm³/mol. The van der Waals surface area contributed by atoms with Crippen molar-refractivity contribution in [3.63, 3.8) is 0 Å². The van der Waals surface area contributed by atoms with E-state index in [9.17, 15) is 0 Å². The van der Waals surface area contributed by atoms with Crippen LogP contribution in [0.4, 0.5) is 0 Å². The molecule has 0 aliphatic heterocycles. The van der Waals surface area contributed by atoms with Crippen molar-refractivity contribution >= 4 is 11.2 Å². The molecule has 0 bridgehead atoms. The van der Waals surface area contributed by atoms with E-state index >= 15 is 0 Å². The van der Waals surface area contributed by atoms with Crippen LogP contribution in [-0.4, -0.2) is 26.6 Å². The van der Waals surface area contributed by atoms with Crippen molar-refractivity contribution in [3.8, 4) is 29.4 Å². The zero-order valence-electron chi connectivity index (χ0n) is 13.8. The van der Waals surface area contributed by atoms with Crippen molar-refractivity contribution in [3.05, 3.63) is 47.7 Å². The van der Waals surface area contributed by atoms with E-state index in [2.05, 4.69) is 38.6 Å². The molecule has 0 aliphatic rings. The largest absolute Gasteiger partial charge is 0.497 e. The number of benzene rings is 1. The minimum atomic E-state index is 0.458. The topological polar surface area (TPSA) is 52.8 Å². The molecule has 0 radical (unpaired) electrons. The zero-order chi connectivity index (χ0) is 16.9. The maximum absolute atomic E-state index is 5.19. The van der Waals surface area contributed by atoms with Crippen LogP contribution in [0.3, 0.4) is 0 Å². The van der Waals surface area contributed by atoms with Crippen LogP contribution in [0, 0.1) is 23.7 Å². The lowest BCUT2D eigenvalue weighted by Crippen LogP contribution is -2.02. The number of nitrogens with zero attached hydrogens (tertiary/aromatic N) is 4. The molecule has 5 nitrogen and oxygen atoms in total. The van der Waals surface area contributed by atoms with Gasteiger partial charge in [0.05, 0.1) is 20.0 Å². The van der Waals surface area contributed by atoms with E-state index in [4.69, 9.17) is 4.74 Å². The Morgan fingerprint density at radius 2 is 1.79 bits per heavy atom. The highest BCUT2D eigenvalue weighted by molar-refractivity contribution is 5.77. The van der Waals surface area contributed by atoms with Crippen LogP contribution in [0.2, 0.25) is 0 Å². The number of imidazole rings is 1. The Balaban J connectivity index is 2.06. The van der Waals surface area contributed by atoms with Crippen LogP contribution in [-0.2, 0) is 6.54 Å². The molecule has 3 rings (SSSR count). The van der Waals surface area contributed by atoms with Gasteiger partial charge in [0, 0.05) is 0 Å². The molecule has 0 atom stereocenters. The molecular weight excluding hydrogens is 300 g/mol. The molecule has 0 aliphatic carbocycles. The van der Waals surface area contributed by atoms with Crippen LogP contribution >= 0.6 is 0 Å².